The molecule has 16 heteroatoms. The van der Waals surface area contributed by atoms with E-state index < -0.39 is 66.9 Å². The zero-order chi connectivity index (χ0) is 28.3. The number of hydrogen-bond donors (Lipinski definition) is 3. The number of nitrogens with zero attached hydrogens (tertiary/aromatic N) is 1. The molecule has 13 nitrogen and oxygen atoms in total. The van der Waals surface area contributed by atoms with Crippen molar-refractivity contribution in [2.45, 2.75) is 56.1 Å². The number of benzene rings is 1. The molecule has 3 rings (SSSR count). The predicted molar refractivity (Wildman–Crippen MR) is 139 cm³/mol. The van der Waals surface area contributed by atoms with Crippen molar-refractivity contribution in [3.05, 3.63) is 57.4 Å². The van der Waals surface area contributed by atoms with Gasteiger partial charge in [0.25, 0.3) is 5.56 Å². The highest BCUT2D eigenvalue weighted by Gasteiger charge is 2.53. The lowest BCUT2D eigenvalue weighted by Gasteiger charge is -2.26. The lowest BCUT2D eigenvalue weighted by atomic mass is 9.79. The summed E-state index contributed by atoms with van der Waals surface area (Å²) in [5.41, 5.74) is -1.41. The molecule has 1 unspecified atom stereocenters. The third-order valence-electron chi connectivity index (χ3n) is 5.55. The minimum Gasteiger partial charge on any atom is -0.497 e. The van der Waals surface area contributed by atoms with E-state index in [-0.39, 0.29) is 5.75 Å². The number of alkyl halides is 1. The average molecular weight is 574 g/mol. The normalized spacial score (nSPS) is 25.5. The highest BCUT2D eigenvalue weighted by atomic mass is 35.5. The Kier molecular flexibility index (Phi) is 9.50. The molecule has 0 spiro atoms. The number of carbonyl (C=O) groups excluding carboxylic acids is 1. The molecule has 2 heterocycles. The van der Waals surface area contributed by atoms with Crippen molar-refractivity contribution in [3.8, 4) is 11.5 Å². The summed E-state index contributed by atoms with van der Waals surface area (Å²) in [6, 6.07) is 6.22. The second-order valence-electron chi connectivity index (χ2n) is 9.04. The van der Waals surface area contributed by atoms with Gasteiger partial charge in [0.15, 0.2) is 6.23 Å². The molecule has 1 aromatic heterocycles. The second kappa shape index (κ2) is 12.1. The lowest BCUT2D eigenvalue weighted by Crippen LogP contribution is -2.45. The van der Waals surface area contributed by atoms with Crippen molar-refractivity contribution in [1.29, 1.82) is 0 Å². The van der Waals surface area contributed by atoms with Gasteiger partial charge in [-0.3, -0.25) is 23.7 Å². The Labute approximate surface area is 224 Å². The van der Waals surface area contributed by atoms with Crippen LogP contribution in [0.4, 0.5) is 0 Å². The Morgan fingerprint density at radius 2 is 2.00 bits per heavy atom. The largest absolute Gasteiger partial charge is 0.497 e. The number of esters is 1. The van der Waals surface area contributed by atoms with Crippen molar-refractivity contribution in [2.75, 3.05) is 13.7 Å². The fourth-order valence-electron chi connectivity index (χ4n) is 3.65. The van der Waals surface area contributed by atoms with Crippen LogP contribution in [0.3, 0.4) is 0 Å². The summed E-state index contributed by atoms with van der Waals surface area (Å²) in [4.78, 5) is 38.2. The van der Waals surface area contributed by atoms with Gasteiger partial charge in [-0.2, -0.15) is 5.09 Å². The van der Waals surface area contributed by atoms with E-state index in [1.807, 2.05) is 0 Å². The van der Waals surface area contributed by atoms with Gasteiger partial charge in [-0.1, -0.05) is 6.07 Å². The minimum absolute atomic E-state index is 0.109. The van der Waals surface area contributed by atoms with Gasteiger partial charge in [0.2, 0.25) is 0 Å². The van der Waals surface area contributed by atoms with Gasteiger partial charge in [-0.05, 0) is 32.9 Å². The van der Waals surface area contributed by atoms with Crippen LogP contribution in [-0.2, 0) is 23.4 Å². The van der Waals surface area contributed by atoms with Crippen LogP contribution in [-0.4, -0.2) is 71.3 Å². The molecular formula is C22H30BClN3O10P. The van der Waals surface area contributed by atoms with E-state index in [9.17, 15) is 24.1 Å². The molecule has 208 valence electrons. The first-order valence-corrected chi connectivity index (χ1v) is 13.6. The Morgan fingerprint density at radius 1 is 1.32 bits per heavy atom. The zero-order valence-electron chi connectivity index (χ0n) is 21.5. The van der Waals surface area contributed by atoms with Gasteiger partial charge >= 0.3 is 19.4 Å². The first-order chi connectivity index (χ1) is 17.8. The van der Waals surface area contributed by atoms with E-state index in [4.69, 9.17) is 34.9 Å². The number of aliphatic hydroxyl groups is 1. The van der Waals surface area contributed by atoms with E-state index in [0.29, 0.717) is 5.75 Å². The maximum absolute atomic E-state index is 13.8. The molecule has 38 heavy (non-hydrogen) atoms. The summed E-state index contributed by atoms with van der Waals surface area (Å²) < 4.78 is 40.6. The predicted octanol–water partition coefficient (Wildman–Crippen LogP) is 0.505. The first kappa shape index (κ1) is 29.9. The highest BCUT2D eigenvalue weighted by molar-refractivity contribution is 7.52. The van der Waals surface area contributed by atoms with Gasteiger partial charge in [0.05, 0.1) is 30.7 Å². The topological polar surface area (TPSA) is 167 Å². The average Bonchev–Trinajstić information content (AvgIpc) is 3.06. The highest BCUT2D eigenvalue weighted by Crippen LogP contribution is 2.47. The lowest BCUT2D eigenvalue weighted by molar-refractivity contribution is -0.149. The van der Waals surface area contributed by atoms with Crippen LogP contribution in [0, 0.1) is 0 Å². The summed E-state index contributed by atoms with van der Waals surface area (Å²) in [6.45, 7) is 4.24. The fraction of sp³-hybridized carbons (Fsp3) is 0.500. The second-order valence-corrected chi connectivity index (χ2v) is 11.5. The molecule has 0 bridgehead atoms. The molecule has 0 aliphatic carbocycles. The molecule has 0 amide bonds. The molecule has 0 saturated carbocycles. The van der Waals surface area contributed by atoms with Crippen LogP contribution in [0.1, 0.15) is 27.0 Å². The van der Waals surface area contributed by atoms with Gasteiger partial charge in [0.1, 0.15) is 31.5 Å². The molecular weight excluding hydrogens is 543 g/mol. The van der Waals surface area contributed by atoms with Crippen LogP contribution < -0.4 is 25.6 Å². The molecule has 0 radical (unpaired) electrons. The number of nitrogens with one attached hydrogen (secondary N) is 2. The van der Waals surface area contributed by atoms with E-state index in [2.05, 4.69) is 10.1 Å². The van der Waals surface area contributed by atoms with E-state index in [1.54, 1.807) is 26.0 Å². The Bertz CT molecular complexity index is 1300. The van der Waals surface area contributed by atoms with Gasteiger partial charge in [0, 0.05) is 18.3 Å². The number of halogens is 1. The zero-order valence-corrected chi connectivity index (χ0v) is 23.1. The summed E-state index contributed by atoms with van der Waals surface area (Å²) in [7, 11) is -1.42. The quantitative estimate of drug-likeness (QED) is 0.148. The van der Waals surface area contributed by atoms with E-state index in [0.717, 1.165) is 10.6 Å². The molecule has 1 fully saturated rings. The van der Waals surface area contributed by atoms with Gasteiger partial charge < -0.3 is 23.8 Å². The Hall–Kier alpha value is -2.61. The third-order valence-corrected chi connectivity index (χ3v) is 7.61. The summed E-state index contributed by atoms with van der Waals surface area (Å²) in [6.07, 6.45) is -3.01. The minimum atomic E-state index is -4.31. The number of aromatic amines is 1. The van der Waals surface area contributed by atoms with Crippen LogP contribution in [0.2, 0.25) is 0 Å². The summed E-state index contributed by atoms with van der Waals surface area (Å²) >= 11 is 6.54. The smallest absolute Gasteiger partial charge is 0.459 e. The van der Waals surface area contributed by atoms with Crippen molar-refractivity contribution < 1.29 is 37.7 Å². The molecule has 6 atom stereocenters. The van der Waals surface area contributed by atoms with Crippen LogP contribution >= 0.6 is 19.3 Å². The van der Waals surface area contributed by atoms with E-state index >= 15 is 0 Å². The summed E-state index contributed by atoms with van der Waals surface area (Å²) in [5.74, 6) is -0.165. The van der Waals surface area contributed by atoms with Crippen LogP contribution in [0.5, 0.6) is 11.5 Å². The van der Waals surface area contributed by atoms with E-state index in [1.165, 1.54) is 40.2 Å². The van der Waals surface area contributed by atoms with Crippen LogP contribution in [0.25, 0.3) is 0 Å². The summed E-state index contributed by atoms with van der Waals surface area (Å²) in [5, 5.41) is 13.4. The maximum Gasteiger partial charge on any atom is 0.459 e. The molecule has 1 aromatic carbocycles. The SMILES string of the molecule is B[C@]1(Cl)[C@H](O)[C@@H](COP(=O)(N[C@@H](C)C(=O)OC(C)C)Oc2cccc(OC)c2)O[C@H]1n1ccc(=O)[nH]c1=O. The van der Waals surface area contributed by atoms with Crippen LogP contribution in [0.15, 0.2) is 46.1 Å². The first-order valence-electron chi connectivity index (χ1n) is 11.7. The molecule has 1 saturated heterocycles. The Morgan fingerprint density at radius 3 is 2.63 bits per heavy atom. The van der Waals surface area contributed by atoms with Crippen molar-refractivity contribution in [2.24, 2.45) is 0 Å². The number of aromatic nitrogens is 2. The third kappa shape index (κ3) is 7.07. The van der Waals surface area contributed by atoms with Crippen molar-refractivity contribution in [1.82, 2.24) is 14.6 Å². The number of rotatable bonds is 11. The van der Waals surface area contributed by atoms with Crippen molar-refractivity contribution in [3.63, 3.8) is 0 Å². The number of hydrogen-bond acceptors (Lipinski definition) is 10. The molecule has 3 N–H and O–H groups in total. The monoisotopic (exact) mass is 573 g/mol. The number of ether oxygens (including phenoxy) is 3. The van der Waals surface area contributed by atoms with Gasteiger partial charge in [-0.25, -0.2) is 9.36 Å². The number of aliphatic hydroxyl groups excluding tert-OH is 1. The number of carbonyl (C=O) groups is 1. The van der Waals surface area contributed by atoms with Gasteiger partial charge in [-0.15, -0.1) is 11.6 Å². The molecule has 1 aliphatic heterocycles. The molecule has 1 aliphatic rings. The number of H-pyrrole nitrogens is 1. The Balaban J connectivity index is 1.83. The number of methoxy groups -OCH3 is 1. The standard InChI is InChI=1S/C22H30BClN3O10P/c1-12(2)35-19(30)13(3)26-38(32,37-15-7-5-6-14(10-15)33-4)34-11-16-18(29)22(23,24)20(36-16)27-9-8-17(28)25-21(27)31/h5-10,12-13,16,18,20,29H,11,23H2,1-4H3,(H,26,32)(H,25,28,31)/t13-,16+,18+,20+,22-,38?/m0/s1. The van der Waals surface area contributed by atoms with Crippen molar-refractivity contribution >= 4 is 33.2 Å². The maximum atomic E-state index is 13.8. The molecule has 2 aromatic rings. The fourth-order valence-corrected chi connectivity index (χ4v) is 5.44.